The van der Waals surface area contributed by atoms with Crippen LogP contribution in [0.2, 0.25) is 0 Å². The summed E-state index contributed by atoms with van der Waals surface area (Å²) in [7, 11) is 3.87. The van der Waals surface area contributed by atoms with E-state index in [0.29, 0.717) is 13.1 Å². The fraction of sp³-hybridized carbons (Fsp3) is 0.438. The van der Waals surface area contributed by atoms with Crippen LogP contribution in [0.4, 0.5) is 10.6 Å². The van der Waals surface area contributed by atoms with Gasteiger partial charge in [0.2, 0.25) is 0 Å². The number of rotatable bonds is 6. The van der Waals surface area contributed by atoms with Gasteiger partial charge in [0, 0.05) is 55.9 Å². The minimum Gasteiger partial charge on any atom is -0.362 e. The fourth-order valence-corrected chi connectivity index (χ4v) is 3.00. The molecule has 2 N–H and O–H groups in total. The Morgan fingerprint density at radius 2 is 2.17 bits per heavy atom. The molecule has 6 nitrogen and oxygen atoms in total. The van der Waals surface area contributed by atoms with Crippen molar-refractivity contribution in [3.63, 3.8) is 0 Å². The van der Waals surface area contributed by atoms with Gasteiger partial charge in [0.25, 0.3) is 0 Å². The Kier molecular flexibility index (Phi) is 5.92. The molecule has 0 aliphatic rings. The number of nitrogens with one attached hydrogen (secondary N) is 2. The topological polar surface area (TPSA) is 70.2 Å². The summed E-state index contributed by atoms with van der Waals surface area (Å²) in [6, 6.07) is 3.65. The van der Waals surface area contributed by atoms with Crippen molar-refractivity contribution in [3.05, 3.63) is 40.0 Å². The van der Waals surface area contributed by atoms with Crippen LogP contribution in [0, 0.1) is 6.92 Å². The van der Waals surface area contributed by atoms with Crippen LogP contribution in [-0.2, 0) is 6.54 Å². The number of hydrogen-bond donors (Lipinski definition) is 2. The van der Waals surface area contributed by atoms with E-state index in [1.165, 1.54) is 0 Å². The lowest BCUT2D eigenvalue weighted by Gasteiger charge is -2.16. The maximum absolute atomic E-state index is 12.0. The molecular weight excluding hydrogens is 310 g/mol. The molecule has 0 aliphatic carbocycles. The monoisotopic (exact) mass is 333 g/mol. The number of thiazole rings is 1. The van der Waals surface area contributed by atoms with Crippen LogP contribution in [0.3, 0.4) is 0 Å². The van der Waals surface area contributed by atoms with E-state index in [2.05, 4.69) is 27.5 Å². The molecule has 0 radical (unpaired) electrons. The van der Waals surface area contributed by atoms with Crippen molar-refractivity contribution in [1.82, 2.24) is 20.6 Å². The van der Waals surface area contributed by atoms with E-state index in [0.717, 1.165) is 22.1 Å². The number of aryl methyl sites for hydroxylation is 1. The van der Waals surface area contributed by atoms with Gasteiger partial charge in [0.05, 0.1) is 5.01 Å². The highest BCUT2D eigenvalue weighted by atomic mass is 32.1. The Hall–Kier alpha value is -2.15. The van der Waals surface area contributed by atoms with E-state index in [4.69, 9.17) is 0 Å². The highest BCUT2D eigenvalue weighted by Gasteiger charge is 2.12. The molecule has 0 saturated carbocycles. The van der Waals surface area contributed by atoms with E-state index in [-0.39, 0.29) is 11.9 Å². The quantitative estimate of drug-likeness (QED) is 0.852. The number of carbonyl (C=O) groups is 1. The van der Waals surface area contributed by atoms with Crippen molar-refractivity contribution in [1.29, 1.82) is 0 Å². The van der Waals surface area contributed by atoms with E-state index in [1.807, 2.05) is 43.4 Å². The van der Waals surface area contributed by atoms with Crippen molar-refractivity contribution >= 4 is 23.2 Å². The summed E-state index contributed by atoms with van der Waals surface area (Å²) in [5.74, 6) is 1.06. The third-order valence-electron chi connectivity index (χ3n) is 3.36. The predicted molar refractivity (Wildman–Crippen MR) is 94.1 cm³/mol. The second-order valence-corrected chi connectivity index (χ2v) is 6.56. The molecule has 2 heterocycles. The second-order valence-electron chi connectivity index (χ2n) is 5.67. The molecule has 0 fully saturated rings. The highest BCUT2D eigenvalue weighted by molar-refractivity contribution is 7.09. The summed E-state index contributed by atoms with van der Waals surface area (Å²) in [5, 5.41) is 8.84. The lowest BCUT2D eigenvalue weighted by atomic mass is 10.2. The van der Waals surface area contributed by atoms with Crippen LogP contribution in [-0.4, -0.2) is 36.6 Å². The van der Waals surface area contributed by atoms with Crippen LogP contribution < -0.4 is 15.5 Å². The standard InChI is InChI=1S/C16H23N5OS/c1-11(15-20-12(2)10-23-15)8-18-16(22)19-9-13-6-5-7-17-14(13)21(3)4/h5-7,10-11H,8-9H2,1-4H3,(H2,18,19,22)/t11-/m0/s1. The third-order valence-corrected chi connectivity index (χ3v) is 4.55. The number of pyridine rings is 1. The average molecular weight is 333 g/mol. The molecule has 2 amide bonds. The molecule has 2 aromatic heterocycles. The first-order valence-electron chi connectivity index (χ1n) is 7.52. The molecule has 0 saturated heterocycles. The predicted octanol–water partition coefficient (Wildman–Crippen LogP) is 2.52. The van der Waals surface area contributed by atoms with Crippen molar-refractivity contribution in [2.45, 2.75) is 26.3 Å². The van der Waals surface area contributed by atoms with Gasteiger partial charge < -0.3 is 15.5 Å². The summed E-state index contributed by atoms with van der Waals surface area (Å²) in [5.41, 5.74) is 2.00. The lowest BCUT2D eigenvalue weighted by molar-refractivity contribution is 0.240. The third kappa shape index (κ3) is 4.92. The fourth-order valence-electron chi connectivity index (χ4n) is 2.14. The van der Waals surface area contributed by atoms with Crippen LogP contribution in [0.1, 0.15) is 29.1 Å². The van der Waals surface area contributed by atoms with Crippen LogP contribution >= 0.6 is 11.3 Å². The van der Waals surface area contributed by atoms with Crippen molar-refractivity contribution in [2.24, 2.45) is 0 Å². The summed E-state index contributed by atoms with van der Waals surface area (Å²) in [6.07, 6.45) is 1.75. The minimum absolute atomic E-state index is 0.182. The summed E-state index contributed by atoms with van der Waals surface area (Å²) < 4.78 is 0. The van der Waals surface area contributed by atoms with Crippen molar-refractivity contribution < 1.29 is 4.79 Å². The molecule has 1 atom stereocenters. The SMILES string of the molecule is Cc1csc([C@@H](C)CNC(=O)NCc2cccnc2N(C)C)n1. The van der Waals surface area contributed by atoms with Crippen LogP contribution in [0.5, 0.6) is 0 Å². The molecular formula is C16H23N5OS. The summed E-state index contributed by atoms with van der Waals surface area (Å²) in [4.78, 5) is 22.7. The second kappa shape index (κ2) is 7.92. The number of carbonyl (C=O) groups excluding carboxylic acids is 1. The molecule has 23 heavy (non-hydrogen) atoms. The molecule has 0 aromatic carbocycles. The van der Waals surface area contributed by atoms with Gasteiger partial charge in [-0.2, -0.15) is 0 Å². The van der Waals surface area contributed by atoms with Gasteiger partial charge in [-0.15, -0.1) is 11.3 Å². The van der Waals surface area contributed by atoms with Crippen molar-refractivity contribution in [3.8, 4) is 0 Å². The van der Waals surface area contributed by atoms with Gasteiger partial charge in [-0.05, 0) is 13.0 Å². The van der Waals surface area contributed by atoms with Crippen LogP contribution in [0.25, 0.3) is 0 Å². The Morgan fingerprint density at radius 1 is 1.39 bits per heavy atom. The number of anilines is 1. The van der Waals surface area contributed by atoms with Crippen molar-refractivity contribution in [2.75, 3.05) is 25.5 Å². The number of urea groups is 1. The van der Waals surface area contributed by atoms with E-state index in [1.54, 1.807) is 17.5 Å². The first-order valence-corrected chi connectivity index (χ1v) is 8.40. The van der Waals surface area contributed by atoms with E-state index in [9.17, 15) is 4.79 Å². The maximum atomic E-state index is 12.0. The molecule has 0 spiro atoms. The zero-order valence-electron chi connectivity index (χ0n) is 14.0. The van der Waals surface area contributed by atoms with Gasteiger partial charge >= 0.3 is 6.03 Å². The smallest absolute Gasteiger partial charge is 0.315 e. The van der Waals surface area contributed by atoms with Gasteiger partial charge in [0.1, 0.15) is 5.82 Å². The summed E-state index contributed by atoms with van der Waals surface area (Å²) >= 11 is 1.63. The normalized spacial score (nSPS) is 11.8. The largest absolute Gasteiger partial charge is 0.362 e. The van der Waals surface area contributed by atoms with E-state index >= 15 is 0 Å². The van der Waals surface area contributed by atoms with Gasteiger partial charge in [-0.3, -0.25) is 0 Å². The Labute approximate surface area is 141 Å². The number of nitrogens with zero attached hydrogens (tertiary/aromatic N) is 3. The van der Waals surface area contributed by atoms with Gasteiger partial charge in [-0.25, -0.2) is 14.8 Å². The Balaban J connectivity index is 1.82. The molecule has 7 heteroatoms. The molecule has 2 rings (SSSR count). The molecule has 2 aromatic rings. The molecule has 0 unspecified atom stereocenters. The number of amides is 2. The lowest BCUT2D eigenvalue weighted by Crippen LogP contribution is -2.37. The average Bonchev–Trinajstić information content (AvgIpc) is 2.97. The number of hydrogen-bond acceptors (Lipinski definition) is 5. The zero-order chi connectivity index (χ0) is 16.8. The Morgan fingerprint density at radius 3 is 2.83 bits per heavy atom. The molecule has 0 aliphatic heterocycles. The summed E-state index contributed by atoms with van der Waals surface area (Å²) in [6.45, 7) is 5.04. The number of aromatic nitrogens is 2. The van der Waals surface area contributed by atoms with Gasteiger partial charge in [0.15, 0.2) is 0 Å². The molecule has 0 bridgehead atoms. The first-order chi connectivity index (χ1) is 11.0. The van der Waals surface area contributed by atoms with Gasteiger partial charge in [-0.1, -0.05) is 13.0 Å². The van der Waals surface area contributed by atoms with E-state index < -0.39 is 0 Å². The Bertz CT molecular complexity index is 655. The maximum Gasteiger partial charge on any atom is 0.315 e. The highest BCUT2D eigenvalue weighted by Crippen LogP contribution is 2.18. The first kappa shape index (κ1) is 17.2. The zero-order valence-corrected chi connectivity index (χ0v) is 14.8. The van der Waals surface area contributed by atoms with Crippen LogP contribution in [0.15, 0.2) is 23.7 Å². The molecule has 124 valence electrons. The minimum atomic E-state index is -0.182.